The van der Waals surface area contributed by atoms with Crippen LogP contribution in [0.15, 0.2) is 48.7 Å². The number of amides is 2. The first-order valence-electron chi connectivity index (χ1n) is 8.95. The number of nitrogens with one attached hydrogen (secondary N) is 1. The van der Waals surface area contributed by atoms with Crippen LogP contribution in [0.3, 0.4) is 0 Å². The number of para-hydroxylation sites is 1. The van der Waals surface area contributed by atoms with Crippen molar-refractivity contribution in [1.29, 1.82) is 0 Å². The summed E-state index contributed by atoms with van der Waals surface area (Å²) in [5.74, 6) is -0.158. The maximum atomic E-state index is 12.8. The van der Waals surface area contributed by atoms with Crippen LogP contribution in [0.1, 0.15) is 48.6 Å². The quantitative estimate of drug-likeness (QED) is 0.887. The summed E-state index contributed by atoms with van der Waals surface area (Å²) in [6, 6.07) is 13.6. The van der Waals surface area contributed by atoms with Gasteiger partial charge in [-0.1, -0.05) is 49.4 Å². The molecule has 0 unspecified atom stereocenters. The summed E-state index contributed by atoms with van der Waals surface area (Å²) in [7, 11) is 0. The fourth-order valence-electron chi connectivity index (χ4n) is 3.48. The third-order valence-electron chi connectivity index (χ3n) is 4.85. The van der Waals surface area contributed by atoms with Gasteiger partial charge in [-0.25, -0.2) is 0 Å². The van der Waals surface area contributed by atoms with Gasteiger partial charge in [0, 0.05) is 18.8 Å². The predicted molar refractivity (Wildman–Crippen MR) is 105 cm³/mol. The molecule has 1 N–H and O–H groups in total. The average Bonchev–Trinajstić information content (AvgIpc) is 2.63. The lowest BCUT2D eigenvalue weighted by Crippen LogP contribution is -2.33. The lowest BCUT2D eigenvalue weighted by Gasteiger charge is -2.32. The summed E-state index contributed by atoms with van der Waals surface area (Å²) < 4.78 is 0. The molecule has 2 aromatic rings. The number of benzene rings is 2. The van der Waals surface area contributed by atoms with Gasteiger partial charge in [0.05, 0.1) is 12.5 Å². The molecule has 2 amide bonds. The topological polar surface area (TPSA) is 49.4 Å². The molecule has 2 aromatic carbocycles. The Morgan fingerprint density at radius 2 is 1.88 bits per heavy atom. The van der Waals surface area contributed by atoms with E-state index in [1.807, 2.05) is 55.5 Å². The van der Waals surface area contributed by atoms with Crippen molar-refractivity contribution >= 4 is 23.6 Å². The maximum absolute atomic E-state index is 12.8. The second-order valence-corrected chi connectivity index (χ2v) is 6.60. The summed E-state index contributed by atoms with van der Waals surface area (Å²) in [4.78, 5) is 26.5. The Bertz CT molecular complexity index is 870. The first-order valence-corrected chi connectivity index (χ1v) is 8.95. The van der Waals surface area contributed by atoms with Gasteiger partial charge in [0.2, 0.25) is 11.8 Å². The highest BCUT2D eigenvalue weighted by molar-refractivity contribution is 5.93. The number of carbonyl (C=O) groups is 2. The second-order valence-electron chi connectivity index (χ2n) is 6.60. The monoisotopic (exact) mass is 348 g/mol. The lowest BCUT2D eigenvalue weighted by molar-refractivity contribution is -0.129. The van der Waals surface area contributed by atoms with Gasteiger partial charge in [-0.2, -0.15) is 0 Å². The fraction of sp³-hybridized carbons (Fsp3) is 0.273. The van der Waals surface area contributed by atoms with Crippen molar-refractivity contribution in [2.75, 3.05) is 5.32 Å². The Balaban J connectivity index is 1.86. The molecule has 0 bridgehead atoms. The van der Waals surface area contributed by atoms with Gasteiger partial charge in [0.15, 0.2) is 0 Å². The summed E-state index contributed by atoms with van der Waals surface area (Å²) in [6.45, 7) is 5.60. The maximum Gasteiger partial charge on any atom is 0.226 e. The molecule has 1 heterocycles. The Hall–Kier alpha value is -2.88. The molecule has 1 atom stereocenters. The van der Waals surface area contributed by atoms with Crippen LogP contribution in [-0.4, -0.2) is 16.7 Å². The molecular weight excluding hydrogens is 324 g/mol. The molecule has 0 spiro atoms. The second kappa shape index (κ2) is 7.56. The number of fused-ring (bicyclic) bond motifs is 1. The SMILES string of the molecule is CCc1cccc(C)c1NC(=O)C[C@@H]1c2ccccc2C=CN1C(C)=O. The van der Waals surface area contributed by atoms with Gasteiger partial charge in [0.25, 0.3) is 0 Å². The highest BCUT2D eigenvalue weighted by Gasteiger charge is 2.28. The Morgan fingerprint density at radius 3 is 2.62 bits per heavy atom. The van der Waals surface area contributed by atoms with E-state index in [0.717, 1.165) is 34.4 Å². The smallest absolute Gasteiger partial charge is 0.226 e. The molecule has 1 aliphatic rings. The molecule has 0 saturated carbocycles. The summed E-state index contributed by atoms with van der Waals surface area (Å²) in [6.07, 6.45) is 4.76. The van der Waals surface area contributed by atoms with Crippen LogP contribution < -0.4 is 5.32 Å². The molecule has 0 radical (unpaired) electrons. The molecule has 4 nitrogen and oxygen atoms in total. The van der Waals surface area contributed by atoms with E-state index in [4.69, 9.17) is 0 Å². The minimum Gasteiger partial charge on any atom is -0.326 e. The molecular formula is C22H24N2O2. The molecule has 0 saturated heterocycles. The van der Waals surface area contributed by atoms with Crippen LogP contribution in [0.2, 0.25) is 0 Å². The van der Waals surface area contributed by atoms with E-state index in [1.165, 1.54) is 6.92 Å². The summed E-state index contributed by atoms with van der Waals surface area (Å²) in [5, 5.41) is 3.07. The lowest BCUT2D eigenvalue weighted by atomic mass is 9.93. The minimum absolute atomic E-state index is 0.0707. The molecule has 4 heteroatoms. The zero-order chi connectivity index (χ0) is 18.7. The van der Waals surface area contributed by atoms with Crippen molar-refractivity contribution in [3.63, 3.8) is 0 Å². The van der Waals surface area contributed by atoms with E-state index in [-0.39, 0.29) is 24.3 Å². The van der Waals surface area contributed by atoms with Crippen LogP contribution in [0, 0.1) is 6.92 Å². The van der Waals surface area contributed by atoms with Crippen LogP contribution >= 0.6 is 0 Å². The van der Waals surface area contributed by atoms with Gasteiger partial charge in [-0.15, -0.1) is 0 Å². The van der Waals surface area contributed by atoms with Crippen LogP contribution in [-0.2, 0) is 16.0 Å². The summed E-state index contributed by atoms with van der Waals surface area (Å²) in [5.41, 5.74) is 5.10. The zero-order valence-electron chi connectivity index (χ0n) is 15.5. The number of nitrogens with zero attached hydrogens (tertiary/aromatic N) is 1. The molecule has 0 fully saturated rings. The Morgan fingerprint density at radius 1 is 1.12 bits per heavy atom. The van der Waals surface area contributed by atoms with E-state index >= 15 is 0 Å². The number of carbonyl (C=O) groups excluding carboxylic acids is 2. The average molecular weight is 348 g/mol. The van der Waals surface area contributed by atoms with E-state index in [2.05, 4.69) is 12.2 Å². The fourth-order valence-corrected chi connectivity index (χ4v) is 3.48. The van der Waals surface area contributed by atoms with Crippen LogP contribution in [0.4, 0.5) is 5.69 Å². The van der Waals surface area contributed by atoms with Crippen LogP contribution in [0.5, 0.6) is 0 Å². The van der Waals surface area contributed by atoms with Crippen molar-refractivity contribution in [3.05, 3.63) is 70.9 Å². The first-order chi connectivity index (χ1) is 12.5. The molecule has 1 aliphatic heterocycles. The highest BCUT2D eigenvalue weighted by atomic mass is 16.2. The van der Waals surface area contributed by atoms with Gasteiger partial charge in [-0.3, -0.25) is 9.59 Å². The number of aryl methyl sites for hydroxylation is 2. The molecule has 26 heavy (non-hydrogen) atoms. The number of hydrogen-bond donors (Lipinski definition) is 1. The van der Waals surface area contributed by atoms with Gasteiger partial charge in [0.1, 0.15) is 0 Å². The van der Waals surface area contributed by atoms with Gasteiger partial charge >= 0.3 is 0 Å². The van der Waals surface area contributed by atoms with E-state index in [1.54, 1.807) is 11.1 Å². The summed E-state index contributed by atoms with van der Waals surface area (Å²) >= 11 is 0. The van der Waals surface area contributed by atoms with Crippen molar-refractivity contribution in [3.8, 4) is 0 Å². The van der Waals surface area contributed by atoms with E-state index in [0.29, 0.717) is 0 Å². The third kappa shape index (κ3) is 3.54. The van der Waals surface area contributed by atoms with Crippen LogP contribution in [0.25, 0.3) is 6.08 Å². The van der Waals surface area contributed by atoms with Crippen molar-refractivity contribution in [2.45, 2.75) is 39.7 Å². The zero-order valence-corrected chi connectivity index (χ0v) is 15.5. The Labute approximate surface area is 154 Å². The standard InChI is InChI=1S/C22H24N2O2/c1-4-17-10-7-8-15(2)22(17)23-21(26)14-20-19-11-6-5-9-18(19)12-13-24(20)16(3)25/h5-13,20H,4,14H2,1-3H3,(H,23,26)/t20-/m1/s1. The molecule has 0 aliphatic carbocycles. The number of rotatable bonds is 4. The normalized spacial score (nSPS) is 15.5. The first kappa shape index (κ1) is 17.9. The Kier molecular flexibility index (Phi) is 5.21. The highest BCUT2D eigenvalue weighted by Crippen LogP contribution is 2.33. The molecule has 0 aromatic heterocycles. The largest absolute Gasteiger partial charge is 0.326 e. The molecule has 134 valence electrons. The number of anilines is 1. The van der Waals surface area contributed by atoms with Crippen molar-refractivity contribution in [1.82, 2.24) is 4.90 Å². The predicted octanol–water partition coefficient (Wildman–Crippen LogP) is 4.46. The number of hydrogen-bond acceptors (Lipinski definition) is 2. The van der Waals surface area contributed by atoms with E-state index in [9.17, 15) is 9.59 Å². The molecule has 3 rings (SSSR count). The van der Waals surface area contributed by atoms with Gasteiger partial charge in [-0.05, 0) is 41.7 Å². The van der Waals surface area contributed by atoms with Gasteiger partial charge < -0.3 is 10.2 Å². The van der Waals surface area contributed by atoms with Crippen molar-refractivity contribution < 1.29 is 9.59 Å². The minimum atomic E-state index is -0.289. The van der Waals surface area contributed by atoms with Crippen molar-refractivity contribution in [2.24, 2.45) is 0 Å². The van der Waals surface area contributed by atoms with E-state index < -0.39 is 0 Å². The third-order valence-corrected chi connectivity index (χ3v) is 4.85.